The molecular weight excluding hydrogens is 319 g/mol. The van der Waals surface area contributed by atoms with Gasteiger partial charge in [-0.3, -0.25) is 0 Å². The Morgan fingerprint density at radius 3 is 2.62 bits per heavy atom. The van der Waals surface area contributed by atoms with Gasteiger partial charge in [0.1, 0.15) is 11.5 Å². The molecule has 2 heterocycles. The van der Waals surface area contributed by atoms with E-state index >= 15 is 0 Å². The Bertz CT molecular complexity index is 856. The van der Waals surface area contributed by atoms with E-state index in [0.717, 1.165) is 29.1 Å². The second kappa shape index (κ2) is 6.10. The molecule has 1 aromatic carbocycles. The van der Waals surface area contributed by atoms with Gasteiger partial charge in [0, 0.05) is 12.7 Å². The van der Waals surface area contributed by atoms with E-state index in [1.165, 1.54) is 0 Å². The van der Waals surface area contributed by atoms with Gasteiger partial charge in [-0.05, 0) is 32.0 Å². The second-order valence-corrected chi connectivity index (χ2v) is 5.33. The number of para-hydroxylation sites is 2. The van der Waals surface area contributed by atoms with E-state index in [-0.39, 0.29) is 12.0 Å². The molecule has 3 rings (SSSR count). The van der Waals surface area contributed by atoms with E-state index in [4.69, 9.17) is 0 Å². The highest BCUT2D eigenvalue weighted by Gasteiger charge is 2.33. The summed E-state index contributed by atoms with van der Waals surface area (Å²) in [6.45, 7) is 4.51. The maximum Gasteiger partial charge on any atom is 0.433 e. The zero-order valence-corrected chi connectivity index (χ0v) is 13.2. The van der Waals surface area contributed by atoms with Crippen LogP contribution >= 0.6 is 0 Å². The number of aromatic nitrogens is 4. The summed E-state index contributed by atoms with van der Waals surface area (Å²) in [6.07, 6.45) is -3.41. The summed E-state index contributed by atoms with van der Waals surface area (Å²) >= 11 is 0. The number of halogens is 3. The molecule has 24 heavy (non-hydrogen) atoms. The Hall–Kier alpha value is -2.64. The summed E-state index contributed by atoms with van der Waals surface area (Å²) in [5.41, 5.74) is 0.845. The van der Waals surface area contributed by atoms with Gasteiger partial charge in [0.25, 0.3) is 0 Å². The molecule has 0 amide bonds. The highest BCUT2D eigenvalue weighted by Crippen LogP contribution is 2.28. The van der Waals surface area contributed by atoms with Gasteiger partial charge in [0.15, 0.2) is 0 Å². The minimum Gasteiger partial charge on any atom is -0.345 e. The fraction of sp³-hybridized carbons (Fsp3) is 0.312. The van der Waals surface area contributed by atoms with E-state index in [9.17, 15) is 13.2 Å². The van der Waals surface area contributed by atoms with E-state index in [2.05, 4.69) is 20.3 Å². The van der Waals surface area contributed by atoms with Crippen LogP contribution in [0.1, 0.15) is 31.4 Å². The van der Waals surface area contributed by atoms with Crippen LogP contribution in [0.3, 0.4) is 0 Å². The van der Waals surface area contributed by atoms with Crippen molar-refractivity contribution in [2.45, 2.75) is 32.6 Å². The number of benzene rings is 1. The maximum atomic E-state index is 12.8. The molecule has 0 radical (unpaired) electrons. The molecule has 0 spiro atoms. The summed E-state index contributed by atoms with van der Waals surface area (Å²) in [4.78, 5) is 12.0. The molecule has 0 saturated heterocycles. The first-order chi connectivity index (χ1) is 11.4. The first kappa shape index (κ1) is 16.2. The van der Waals surface area contributed by atoms with Gasteiger partial charge in [0.05, 0.1) is 17.1 Å². The van der Waals surface area contributed by atoms with Crippen molar-refractivity contribution in [1.82, 2.24) is 19.5 Å². The van der Waals surface area contributed by atoms with Crippen LogP contribution in [0.25, 0.3) is 11.0 Å². The van der Waals surface area contributed by atoms with E-state index in [1.54, 1.807) is 0 Å². The normalized spacial score (nSPS) is 13.2. The van der Waals surface area contributed by atoms with Crippen molar-refractivity contribution in [2.75, 3.05) is 5.32 Å². The minimum absolute atomic E-state index is 0.0768. The fourth-order valence-corrected chi connectivity index (χ4v) is 2.60. The lowest BCUT2D eigenvalue weighted by molar-refractivity contribution is -0.141. The second-order valence-electron chi connectivity index (χ2n) is 5.33. The van der Waals surface area contributed by atoms with E-state index < -0.39 is 11.9 Å². The average Bonchev–Trinajstić information content (AvgIpc) is 2.93. The lowest BCUT2D eigenvalue weighted by atomic mass is 10.3. The van der Waals surface area contributed by atoms with Crippen molar-refractivity contribution >= 4 is 17.0 Å². The number of aryl methyl sites for hydroxylation is 1. The van der Waals surface area contributed by atoms with E-state index in [0.29, 0.717) is 6.54 Å². The van der Waals surface area contributed by atoms with Crippen molar-refractivity contribution in [3.63, 3.8) is 0 Å². The van der Waals surface area contributed by atoms with Crippen molar-refractivity contribution < 1.29 is 13.2 Å². The monoisotopic (exact) mass is 335 g/mol. The van der Waals surface area contributed by atoms with Gasteiger partial charge in [0.2, 0.25) is 5.95 Å². The Kier molecular flexibility index (Phi) is 4.13. The number of nitrogens with one attached hydrogen (secondary N) is 1. The first-order valence-electron chi connectivity index (χ1n) is 7.52. The molecule has 0 saturated carbocycles. The zero-order valence-electron chi connectivity index (χ0n) is 13.2. The molecule has 1 unspecified atom stereocenters. The van der Waals surface area contributed by atoms with Gasteiger partial charge < -0.3 is 9.88 Å². The summed E-state index contributed by atoms with van der Waals surface area (Å²) in [6, 6.07) is 8.18. The predicted molar refractivity (Wildman–Crippen MR) is 84.5 cm³/mol. The minimum atomic E-state index is -4.50. The number of anilines is 1. The number of rotatable bonds is 4. The number of fused-ring (bicyclic) bond motifs is 1. The molecule has 0 aliphatic heterocycles. The van der Waals surface area contributed by atoms with Gasteiger partial charge >= 0.3 is 6.18 Å². The molecule has 5 nitrogen and oxygen atoms in total. The summed E-state index contributed by atoms with van der Waals surface area (Å²) in [5.74, 6) is 0.645. The van der Waals surface area contributed by atoms with Gasteiger partial charge in [-0.1, -0.05) is 12.1 Å². The standard InChI is InChI=1S/C16H16F3N5/c1-3-24-12-7-5-4-6-11(12)22-14(24)10(2)21-15-20-9-8-13(23-15)16(17,18)19/h4-10H,3H2,1-2H3,(H,20,21,23). The van der Waals surface area contributed by atoms with Crippen LogP contribution in [0.5, 0.6) is 0 Å². The summed E-state index contributed by atoms with van der Waals surface area (Å²) < 4.78 is 40.3. The highest BCUT2D eigenvalue weighted by atomic mass is 19.4. The smallest absolute Gasteiger partial charge is 0.345 e. The van der Waals surface area contributed by atoms with Crippen LogP contribution in [0.2, 0.25) is 0 Å². The van der Waals surface area contributed by atoms with Gasteiger partial charge in [-0.2, -0.15) is 13.2 Å². The third kappa shape index (κ3) is 3.04. The zero-order chi connectivity index (χ0) is 17.3. The molecule has 1 atom stereocenters. The van der Waals surface area contributed by atoms with Gasteiger partial charge in [-0.25, -0.2) is 15.0 Å². The lowest BCUT2D eigenvalue weighted by Gasteiger charge is -2.16. The topological polar surface area (TPSA) is 55.6 Å². The van der Waals surface area contributed by atoms with Crippen LogP contribution in [0, 0.1) is 0 Å². The number of alkyl halides is 3. The Morgan fingerprint density at radius 2 is 1.92 bits per heavy atom. The number of hydrogen-bond acceptors (Lipinski definition) is 4. The Labute approximate surface area is 136 Å². The molecule has 3 aromatic rings. The molecule has 0 bridgehead atoms. The van der Waals surface area contributed by atoms with Crippen molar-refractivity contribution in [3.8, 4) is 0 Å². The SMILES string of the molecule is CCn1c(C(C)Nc2nccc(C(F)(F)F)n2)nc2ccccc21. The van der Waals surface area contributed by atoms with Crippen molar-refractivity contribution in [2.24, 2.45) is 0 Å². The largest absolute Gasteiger partial charge is 0.433 e. The Morgan fingerprint density at radius 1 is 1.17 bits per heavy atom. The number of imidazole rings is 1. The van der Waals surface area contributed by atoms with Crippen LogP contribution in [0.15, 0.2) is 36.5 Å². The van der Waals surface area contributed by atoms with Crippen LogP contribution in [0.4, 0.5) is 19.1 Å². The average molecular weight is 335 g/mol. The lowest BCUT2D eigenvalue weighted by Crippen LogP contribution is -2.16. The molecule has 126 valence electrons. The van der Waals surface area contributed by atoms with Crippen LogP contribution in [-0.2, 0) is 12.7 Å². The van der Waals surface area contributed by atoms with E-state index in [1.807, 2.05) is 42.7 Å². The number of nitrogens with zero attached hydrogens (tertiary/aromatic N) is 4. The summed E-state index contributed by atoms with van der Waals surface area (Å²) in [5, 5.41) is 2.90. The molecule has 1 N–H and O–H groups in total. The molecule has 0 aliphatic carbocycles. The molecule has 2 aromatic heterocycles. The predicted octanol–water partition coefficient (Wildman–Crippen LogP) is 4.04. The maximum absolute atomic E-state index is 12.8. The Balaban J connectivity index is 1.92. The van der Waals surface area contributed by atoms with Crippen molar-refractivity contribution in [3.05, 3.63) is 48.0 Å². The van der Waals surface area contributed by atoms with Crippen LogP contribution < -0.4 is 5.32 Å². The third-order valence-electron chi connectivity index (χ3n) is 3.68. The number of hydrogen-bond donors (Lipinski definition) is 1. The molecule has 0 fully saturated rings. The summed E-state index contributed by atoms with van der Waals surface area (Å²) in [7, 11) is 0. The fourth-order valence-electron chi connectivity index (χ4n) is 2.60. The molecule has 0 aliphatic rings. The highest BCUT2D eigenvalue weighted by molar-refractivity contribution is 5.76. The van der Waals surface area contributed by atoms with Crippen LogP contribution in [-0.4, -0.2) is 19.5 Å². The first-order valence-corrected chi connectivity index (χ1v) is 7.52. The molecular formula is C16H16F3N5. The molecule has 8 heteroatoms. The quantitative estimate of drug-likeness (QED) is 0.782. The third-order valence-corrected chi connectivity index (χ3v) is 3.68. The van der Waals surface area contributed by atoms with Gasteiger partial charge in [-0.15, -0.1) is 0 Å². The van der Waals surface area contributed by atoms with Crippen molar-refractivity contribution in [1.29, 1.82) is 0 Å².